The zero-order valence-corrected chi connectivity index (χ0v) is 11.7. The summed E-state index contributed by atoms with van der Waals surface area (Å²) in [7, 11) is 0. The van der Waals surface area contributed by atoms with Gasteiger partial charge in [0.1, 0.15) is 6.04 Å². The molecule has 2 N–H and O–H groups in total. The van der Waals surface area contributed by atoms with Gasteiger partial charge in [-0.1, -0.05) is 13.8 Å². The summed E-state index contributed by atoms with van der Waals surface area (Å²) in [5.41, 5.74) is 0. The molecule has 0 aromatic rings. The molecule has 1 aliphatic heterocycles. The number of hydrogen-bond acceptors (Lipinski definition) is 3. The normalized spacial score (nSPS) is 17.0. The zero-order valence-electron chi connectivity index (χ0n) is 11.7. The number of carbonyl (C=O) groups is 2. The average molecular weight is 255 g/mol. The third-order valence-corrected chi connectivity index (χ3v) is 3.07. The lowest BCUT2D eigenvalue weighted by molar-refractivity contribution is -0.135. The quantitative estimate of drug-likeness (QED) is 0.726. The van der Waals surface area contributed by atoms with Gasteiger partial charge in [0.05, 0.1) is 0 Å². The molecule has 0 aromatic heterocycles. The van der Waals surface area contributed by atoms with Gasteiger partial charge in [-0.2, -0.15) is 0 Å². The van der Waals surface area contributed by atoms with Crippen LogP contribution in [0.4, 0.5) is 0 Å². The molecule has 1 fully saturated rings. The van der Waals surface area contributed by atoms with Crippen LogP contribution >= 0.6 is 0 Å². The van der Waals surface area contributed by atoms with Gasteiger partial charge in [-0.15, -0.1) is 0 Å². The molecule has 0 radical (unpaired) electrons. The monoisotopic (exact) mass is 255 g/mol. The molecule has 1 saturated heterocycles. The lowest BCUT2D eigenvalue weighted by atomic mass is 10.2. The minimum absolute atomic E-state index is 0.0395. The molecular formula is C13H25N3O2. The predicted molar refractivity (Wildman–Crippen MR) is 71.2 cm³/mol. The summed E-state index contributed by atoms with van der Waals surface area (Å²) in [5, 5.41) is 5.94. The molecule has 0 saturated carbocycles. The lowest BCUT2D eigenvalue weighted by Crippen LogP contribution is -2.46. The number of hydrogen-bond donors (Lipinski definition) is 2. The van der Waals surface area contributed by atoms with Crippen molar-refractivity contribution in [3.63, 3.8) is 0 Å². The number of carbonyl (C=O) groups excluding carboxylic acids is 2. The number of nitrogens with zero attached hydrogens (tertiary/aromatic N) is 1. The van der Waals surface area contributed by atoms with Gasteiger partial charge in [-0.25, -0.2) is 0 Å². The van der Waals surface area contributed by atoms with Gasteiger partial charge >= 0.3 is 0 Å². The van der Waals surface area contributed by atoms with Gasteiger partial charge in [-0.3, -0.25) is 9.59 Å². The van der Waals surface area contributed by atoms with Crippen molar-refractivity contribution in [3.05, 3.63) is 0 Å². The van der Waals surface area contributed by atoms with Crippen molar-refractivity contribution in [1.29, 1.82) is 0 Å². The highest BCUT2D eigenvalue weighted by atomic mass is 16.2. The number of likely N-dealkylation sites (tertiary alicyclic amines) is 1. The van der Waals surface area contributed by atoms with E-state index in [-0.39, 0.29) is 11.8 Å². The van der Waals surface area contributed by atoms with E-state index < -0.39 is 6.04 Å². The first-order chi connectivity index (χ1) is 8.50. The van der Waals surface area contributed by atoms with Gasteiger partial charge in [0, 0.05) is 32.1 Å². The highest BCUT2D eigenvalue weighted by Crippen LogP contribution is 2.08. The molecule has 1 rings (SSSR count). The molecule has 0 aliphatic carbocycles. The van der Waals surface area contributed by atoms with E-state index in [0.29, 0.717) is 19.0 Å². The molecule has 1 heterocycles. The molecule has 1 aliphatic rings. The second-order valence-corrected chi connectivity index (χ2v) is 5.18. The van der Waals surface area contributed by atoms with Crippen molar-refractivity contribution in [3.8, 4) is 0 Å². The van der Waals surface area contributed by atoms with Crippen LogP contribution < -0.4 is 10.6 Å². The Morgan fingerprint density at radius 2 is 1.78 bits per heavy atom. The van der Waals surface area contributed by atoms with E-state index in [1.807, 2.05) is 18.7 Å². The van der Waals surface area contributed by atoms with Crippen molar-refractivity contribution >= 4 is 11.8 Å². The summed E-state index contributed by atoms with van der Waals surface area (Å²) in [5.74, 6) is -0.0270. The second kappa shape index (κ2) is 7.36. The Hall–Kier alpha value is -1.10. The number of rotatable bonds is 6. The van der Waals surface area contributed by atoms with Crippen molar-refractivity contribution in [1.82, 2.24) is 15.5 Å². The molecule has 1 unspecified atom stereocenters. The smallest absolute Gasteiger partial charge is 0.244 e. The fourth-order valence-corrected chi connectivity index (χ4v) is 2.06. The van der Waals surface area contributed by atoms with Gasteiger partial charge in [0.2, 0.25) is 11.8 Å². The van der Waals surface area contributed by atoms with Gasteiger partial charge in [0.25, 0.3) is 0 Å². The van der Waals surface area contributed by atoms with Gasteiger partial charge in [-0.05, 0) is 19.8 Å². The first-order valence-corrected chi connectivity index (χ1v) is 6.82. The van der Waals surface area contributed by atoms with Crippen LogP contribution in [0.2, 0.25) is 0 Å². The van der Waals surface area contributed by atoms with Crippen LogP contribution in [0, 0.1) is 0 Å². The Bertz CT molecular complexity index is 286. The molecule has 18 heavy (non-hydrogen) atoms. The molecule has 104 valence electrons. The maximum Gasteiger partial charge on any atom is 0.244 e. The summed E-state index contributed by atoms with van der Waals surface area (Å²) in [6.07, 6.45) is 2.56. The molecular weight excluding hydrogens is 230 g/mol. The van der Waals surface area contributed by atoms with E-state index in [9.17, 15) is 9.59 Å². The fourth-order valence-electron chi connectivity index (χ4n) is 2.06. The van der Waals surface area contributed by atoms with Crippen molar-refractivity contribution in [2.24, 2.45) is 0 Å². The molecule has 5 heteroatoms. The van der Waals surface area contributed by atoms with Crippen LogP contribution in [0.5, 0.6) is 0 Å². The Kier molecular flexibility index (Phi) is 6.12. The molecule has 0 spiro atoms. The van der Waals surface area contributed by atoms with Crippen molar-refractivity contribution < 1.29 is 9.59 Å². The van der Waals surface area contributed by atoms with E-state index in [1.54, 1.807) is 6.92 Å². The maximum atomic E-state index is 12.0. The molecule has 0 aromatic carbocycles. The second-order valence-electron chi connectivity index (χ2n) is 5.18. The molecule has 0 bridgehead atoms. The van der Waals surface area contributed by atoms with Crippen LogP contribution in [-0.2, 0) is 9.59 Å². The van der Waals surface area contributed by atoms with Crippen LogP contribution in [-0.4, -0.2) is 48.4 Å². The molecule has 5 nitrogen and oxygen atoms in total. The predicted octanol–water partition coefficient (Wildman–Crippen LogP) is 0.502. The topological polar surface area (TPSA) is 61.4 Å². The number of nitrogens with one attached hydrogen (secondary N) is 2. The Balaban J connectivity index is 2.23. The Labute approximate surface area is 109 Å². The SMILES string of the molecule is CC(C)NCCC(=O)NC(C)C(=O)N1CCCC1. The van der Waals surface area contributed by atoms with Crippen LogP contribution in [0.15, 0.2) is 0 Å². The van der Waals surface area contributed by atoms with Crippen molar-refractivity contribution in [2.45, 2.75) is 52.1 Å². The summed E-state index contributed by atoms with van der Waals surface area (Å²) >= 11 is 0. The molecule has 1 atom stereocenters. The van der Waals surface area contributed by atoms with Gasteiger partial charge in [0.15, 0.2) is 0 Å². The van der Waals surface area contributed by atoms with Crippen LogP contribution in [0.25, 0.3) is 0 Å². The lowest BCUT2D eigenvalue weighted by Gasteiger charge is -2.21. The van der Waals surface area contributed by atoms with E-state index >= 15 is 0 Å². The summed E-state index contributed by atoms with van der Waals surface area (Å²) in [4.78, 5) is 25.4. The highest BCUT2D eigenvalue weighted by molar-refractivity contribution is 5.87. The Morgan fingerprint density at radius 1 is 1.17 bits per heavy atom. The molecule has 2 amide bonds. The standard InChI is InChI=1S/C13H25N3O2/c1-10(2)14-7-6-12(17)15-11(3)13(18)16-8-4-5-9-16/h10-11,14H,4-9H2,1-3H3,(H,15,17). The third kappa shape index (κ3) is 5.04. The minimum Gasteiger partial charge on any atom is -0.345 e. The summed E-state index contributed by atoms with van der Waals surface area (Å²) in [6, 6.07) is -0.0314. The average Bonchev–Trinajstić information content (AvgIpc) is 2.80. The van der Waals surface area contributed by atoms with Crippen LogP contribution in [0.3, 0.4) is 0 Å². The van der Waals surface area contributed by atoms with E-state index in [4.69, 9.17) is 0 Å². The van der Waals surface area contributed by atoms with Crippen LogP contribution in [0.1, 0.15) is 40.0 Å². The highest BCUT2D eigenvalue weighted by Gasteiger charge is 2.23. The maximum absolute atomic E-state index is 12.0. The van der Waals surface area contributed by atoms with Gasteiger partial charge < -0.3 is 15.5 Å². The minimum atomic E-state index is -0.408. The Morgan fingerprint density at radius 3 is 2.33 bits per heavy atom. The van der Waals surface area contributed by atoms with E-state index in [1.165, 1.54) is 0 Å². The van der Waals surface area contributed by atoms with E-state index in [0.717, 1.165) is 25.9 Å². The summed E-state index contributed by atoms with van der Waals surface area (Å²) < 4.78 is 0. The summed E-state index contributed by atoms with van der Waals surface area (Å²) in [6.45, 7) is 8.14. The third-order valence-electron chi connectivity index (χ3n) is 3.07. The zero-order chi connectivity index (χ0) is 13.5. The number of amides is 2. The fraction of sp³-hybridized carbons (Fsp3) is 0.846. The largest absolute Gasteiger partial charge is 0.345 e. The first-order valence-electron chi connectivity index (χ1n) is 6.82. The first kappa shape index (κ1) is 15.0. The van der Waals surface area contributed by atoms with Crippen molar-refractivity contribution in [2.75, 3.05) is 19.6 Å². The van der Waals surface area contributed by atoms with E-state index in [2.05, 4.69) is 10.6 Å².